The van der Waals surface area contributed by atoms with Gasteiger partial charge in [0.2, 0.25) is 5.91 Å². The van der Waals surface area contributed by atoms with Gasteiger partial charge in [0.25, 0.3) is 11.8 Å². The number of aromatic nitrogens is 2. The summed E-state index contributed by atoms with van der Waals surface area (Å²) in [6.45, 7) is 3.23. The van der Waals surface area contributed by atoms with Crippen molar-refractivity contribution in [1.29, 1.82) is 0 Å². The number of amides is 3. The molecule has 2 heterocycles. The second kappa shape index (κ2) is 11.7. The van der Waals surface area contributed by atoms with Crippen molar-refractivity contribution >= 4 is 23.5 Å². The third-order valence-corrected chi connectivity index (χ3v) is 7.19. The highest BCUT2D eigenvalue weighted by molar-refractivity contribution is 6.05. The molecule has 0 fully saturated rings. The minimum Gasteiger partial charge on any atom is -0.351 e. The van der Waals surface area contributed by atoms with Crippen LogP contribution in [0.1, 0.15) is 52.5 Å². The predicted octanol–water partition coefficient (Wildman–Crippen LogP) is 4.96. The van der Waals surface area contributed by atoms with Crippen molar-refractivity contribution in [3.63, 3.8) is 0 Å². The van der Waals surface area contributed by atoms with Crippen molar-refractivity contribution in [2.75, 3.05) is 11.4 Å². The monoisotopic (exact) mass is 593 g/mol. The Morgan fingerprint density at radius 3 is 2.30 bits per heavy atom. The summed E-state index contributed by atoms with van der Waals surface area (Å²) in [5, 5.41) is 10.2. The maximum atomic E-state index is 14.2. The molecule has 12 heteroatoms. The highest BCUT2D eigenvalue weighted by Gasteiger charge is 2.46. The normalized spacial score (nSPS) is 16.5. The van der Waals surface area contributed by atoms with E-state index in [2.05, 4.69) is 10.6 Å². The molecule has 5 rings (SSSR count). The third kappa shape index (κ3) is 5.85. The van der Waals surface area contributed by atoms with Crippen molar-refractivity contribution in [2.45, 2.75) is 38.5 Å². The Morgan fingerprint density at radius 2 is 1.67 bits per heavy atom. The van der Waals surface area contributed by atoms with Crippen LogP contribution >= 0.6 is 0 Å². The van der Waals surface area contributed by atoms with Gasteiger partial charge in [-0.3, -0.25) is 19.3 Å². The van der Waals surface area contributed by atoms with E-state index in [1.165, 1.54) is 42.2 Å². The molecule has 0 radical (unpaired) electrons. The van der Waals surface area contributed by atoms with Crippen molar-refractivity contribution in [1.82, 2.24) is 20.4 Å². The van der Waals surface area contributed by atoms with Crippen LogP contribution in [-0.4, -0.2) is 40.1 Å². The highest BCUT2D eigenvalue weighted by Crippen LogP contribution is 2.43. The Bertz CT molecular complexity index is 1670. The van der Waals surface area contributed by atoms with E-state index in [-0.39, 0.29) is 24.6 Å². The number of para-hydroxylation sites is 1. The predicted molar refractivity (Wildman–Crippen MR) is 150 cm³/mol. The summed E-state index contributed by atoms with van der Waals surface area (Å²) in [4.78, 5) is 40.9. The van der Waals surface area contributed by atoms with E-state index in [9.17, 15) is 31.9 Å². The van der Waals surface area contributed by atoms with Crippen LogP contribution in [0.5, 0.6) is 0 Å². The van der Waals surface area contributed by atoms with E-state index >= 15 is 0 Å². The number of carbonyl (C=O) groups excluding carboxylic acids is 3. The molecule has 8 nitrogen and oxygen atoms in total. The largest absolute Gasteiger partial charge is 0.416 e. The van der Waals surface area contributed by atoms with Crippen LogP contribution in [0.3, 0.4) is 0 Å². The minimum absolute atomic E-state index is 0.0186. The first-order chi connectivity index (χ1) is 20.5. The lowest BCUT2D eigenvalue weighted by Gasteiger charge is -2.38. The molecule has 3 amide bonds. The van der Waals surface area contributed by atoms with Gasteiger partial charge in [-0.05, 0) is 55.0 Å². The van der Waals surface area contributed by atoms with E-state index in [0.717, 1.165) is 12.1 Å². The van der Waals surface area contributed by atoms with E-state index in [1.807, 2.05) is 6.07 Å². The fourth-order valence-electron chi connectivity index (χ4n) is 5.25. The first-order valence-electron chi connectivity index (χ1n) is 13.5. The molecule has 1 aliphatic rings. The highest BCUT2D eigenvalue weighted by atomic mass is 19.4. The van der Waals surface area contributed by atoms with Gasteiger partial charge in [0, 0.05) is 30.5 Å². The summed E-state index contributed by atoms with van der Waals surface area (Å²) in [6, 6.07) is 17.0. The molecule has 0 aliphatic carbocycles. The summed E-state index contributed by atoms with van der Waals surface area (Å²) in [6.07, 6.45) is -4.67. The van der Waals surface area contributed by atoms with Gasteiger partial charge in [-0.2, -0.15) is 18.3 Å². The van der Waals surface area contributed by atoms with Gasteiger partial charge >= 0.3 is 6.18 Å². The van der Waals surface area contributed by atoms with Crippen LogP contribution in [0, 0.1) is 5.82 Å². The topological polar surface area (TPSA) is 96.3 Å². The van der Waals surface area contributed by atoms with Crippen LogP contribution in [0.4, 0.5) is 23.4 Å². The number of halogens is 4. The van der Waals surface area contributed by atoms with Crippen LogP contribution in [0.15, 0.2) is 78.9 Å². The second-order valence-electron chi connectivity index (χ2n) is 9.98. The van der Waals surface area contributed by atoms with Crippen molar-refractivity contribution < 1.29 is 31.9 Å². The zero-order valence-corrected chi connectivity index (χ0v) is 23.2. The summed E-state index contributed by atoms with van der Waals surface area (Å²) in [5.41, 5.74) is 0.686. The molecule has 2 N–H and O–H groups in total. The Morgan fingerprint density at radius 1 is 0.977 bits per heavy atom. The smallest absolute Gasteiger partial charge is 0.351 e. The molecule has 0 saturated carbocycles. The molecule has 4 aromatic rings. The van der Waals surface area contributed by atoms with E-state index in [1.54, 1.807) is 35.9 Å². The third-order valence-electron chi connectivity index (χ3n) is 7.19. The summed E-state index contributed by atoms with van der Waals surface area (Å²) in [7, 11) is 0. The number of hydrogen-bond acceptors (Lipinski definition) is 4. The summed E-state index contributed by atoms with van der Waals surface area (Å²) < 4.78 is 55.8. The molecule has 2 atom stereocenters. The van der Waals surface area contributed by atoms with Gasteiger partial charge in [0.05, 0.1) is 23.5 Å². The van der Waals surface area contributed by atoms with Gasteiger partial charge in [0.1, 0.15) is 17.7 Å². The molecule has 1 aromatic heterocycles. The van der Waals surface area contributed by atoms with Gasteiger partial charge < -0.3 is 10.6 Å². The molecule has 3 aromatic carbocycles. The maximum Gasteiger partial charge on any atom is 0.416 e. The van der Waals surface area contributed by atoms with Crippen molar-refractivity contribution in [2.24, 2.45) is 0 Å². The van der Waals surface area contributed by atoms with Gasteiger partial charge in [-0.25, -0.2) is 9.07 Å². The van der Waals surface area contributed by atoms with Crippen LogP contribution in [0.25, 0.3) is 5.69 Å². The fourth-order valence-corrected chi connectivity index (χ4v) is 5.25. The van der Waals surface area contributed by atoms with Crippen molar-refractivity contribution in [3.8, 4) is 5.69 Å². The maximum absolute atomic E-state index is 14.2. The number of alkyl halides is 3. The standard InChI is InChI=1S/C31H27F4N5O3/c1-3-39-29-26(24(17-36-18(2)41)38-40(29)23-10-5-4-6-11-23)25(19-12-14-22(32)15-13-19)27(30(39)43)37-28(42)20-8-7-9-21(16-20)31(33,34)35/h4-16,25,27H,3,17H2,1-2H3,(H,36,41)(H,37,42)/t25-,27-/m0/s1. The number of hydrogen-bond donors (Lipinski definition) is 2. The molecular weight excluding hydrogens is 566 g/mol. The molecular formula is C31H27F4N5O3. The van der Waals surface area contributed by atoms with Crippen LogP contribution in [-0.2, 0) is 22.3 Å². The molecule has 43 heavy (non-hydrogen) atoms. The first-order valence-corrected chi connectivity index (χ1v) is 13.5. The lowest BCUT2D eigenvalue weighted by atomic mass is 9.80. The molecule has 1 aliphatic heterocycles. The zero-order valence-electron chi connectivity index (χ0n) is 23.2. The lowest BCUT2D eigenvalue weighted by Crippen LogP contribution is -2.55. The first kappa shape index (κ1) is 29.5. The molecule has 0 saturated heterocycles. The Hall–Kier alpha value is -5.00. The number of carbonyl (C=O) groups is 3. The SMILES string of the molecule is CCN1C(=O)[C@@H](NC(=O)c2cccc(C(F)(F)F)c2)[C@@H](c2ccc(F)cc2)c2c(CNC(C)=O)nn(-c3ccccc3)c21. The van der Waals surface area contributed by atoms with Crippen molar-refractivity contribution in [3.05, 3.63) is 113 Å². The summed E-state index contributed by atoms with van der Waals surface area (Å²) in [5.74, 6) is -2.80. The molecule has 222 valence electrons. The average Bonchev–Trinajstić information content (AvgIpc) is 3.36. The van der Waals surface area contributed by atoms with E-state index < -0.39 is 41.3 Å². The van der Waals surface area contributed by atoms with Crippen LogP contribution < -0.4 is 15.5 Å². The number of likely N-dealkylation sites (N-methyl/N-ethyl adjacent to an activating group) is 1. The minimum atomic E-state index is -4.67. The van der Waals surface area contributed by atoms with Gasteiger partial charge in [-0.15, -0.1) is 0 Å². The number of benzene rings is 3. The number of anilines is 1. The Balaban J connectivity index is 1.70. The summed E-state index contributed by atoms with van der Waals surface area (Å²) >= 11 is 0. The van der Waals surface area contributed by atoms with Gasteiger partial charge in [0.15, 0.2) is 0 Å². The molecule has 0 bridgehead atoms. The number of rotatable bonds is 7. The van der Waals surface area contributed by atoms with E-state index in [0.29, 0.717) is 34.4 Å². The van der Waals surface area contributed by atoms with E-state index in [4.69, 9.17) is 5.10 Å². The number of nitrogens with zero attached hydrogens (tertiary/aromatic N) is 3. The average molecular weight is 594 g/mol. The Labute approximate surface area is 244 Å². The fraction of sp³-hybridized carbons (Fsp3) is 0.226. The lowest BCUT2D eigenvalue weighted by molar-refractivity contribution is -0.137. The van der Waals surface area contributed by atoms with Gasteiger partial charge in [-0.1, -0.05) is 36.4 Å². The van der Waals surface area contributed by atoms with Crippen LogP contribution in [0.2, 0.25) is 0 Å². The second-order valence-corrected chi connectivity index (χ2v) is 9.98. The molecule has 0 unspecified atom stereocenters. The Kier molecular flexibility index (Phi) is 8.03. The zero-order chi connectivity index (χ0) is 30.9. The number of fused-ring (bicyclic) bond motifs is 1. The number of nitrogens with one attached hydrogen (secondary N) is 2. The quantitative estimate of drug-likeness (QED) is 0.296. The molecule has 0 spiro atoms.